The van der Waals surface area contributed by atoms with Crippen molar-refractivity contribution in [3.8, 4) is 0 Å². The molecule has 0 radical (unpaired) electrons. The third-order valence-electron chi connectivity index (χ3n) is 2.54. The van der Waals surface area contributed by atoms with Crippen LogP contribution in [0.5, 0.6) is 0 Å². The summed E-state index contributed by atoms with van der Waals surface area (Å²) in [5, 5.41) is 11.4. The van der Waals surface area contributed by atoms with Gasteiger partial charge in [-0.2, -0.15) is 5.10 Å². The standard InChI is InChI=1S/C9H13ClN4/c10-7-5-12-14-9(8(7)11)13-6-3-1-2-4-6/h5-6H,1-4H2,(H2,11,12)(H,13,14). The summed E-state index contributed by atoms with van der Waals surface area (Å²) in [5.74, 6) is 0.615. The lowest BCUT2D eigenvalue weighted by molar-refractivity contribution is 0.747. The van der Waals surface area contributed by atoms with Crippen LogP contribution in [-0.2, 0) is 0 Å². The van der Waals surface area contributed by atoms with Crippen LogP contribution in [0.3, 0.4) is 0 Å². The minimum Gasteiger partial charge on any atom is -0.394 e. The Balaban J connectivity index is 2.11. The molecule has 1 fully saturated rings. The van der Waals surface area contributed by atoms with Crippen molar-refractivity contribution in [2.24, 2.45) is 0 Å². The minimum absolute atomic E-state index is 0.459. The lowest BCUT2D eigenvalue weighted by atomic mass is 10.2. The maximum atomic E-state index is 5.83. The number of halogens is 1. The summed E-state index contributed by atoms with van der Waals surface area (Å²) in [4.78, 5) is 0. The fraction of sp³-hybridized carbons (Fsp3) is 0.556. The van der Waals surface area contributed by atoms with Gasteiger partial charge in [-0.25, -0.2) is 0 Å². The van der Waals surface area contributed by atoms with Crippen LogP contribution >= 0.6 is 11.6 Å². The van der Waals surface area contributed by atoms with Gasteiger partial charge in [0, 0.05) is 6.04 Å². The smallest absolute Gasteiger partial charge is 0.173 e. The molecule has 0 atom stereocenters. The highest BCUT2D eigenvalue weighted by Crippen LogP contribution is 2.27. The van der Waals surface area contributed by atoms with Gasteiger partial charge in [0.2, 0.25) is 0 Å². The maximum Gasteiger partial charge on any atom is 0.173 e. The Kier molecular flexibility index (Phi) is 2.72. The van der Waals surface area contributed by atoms with Gasteiger partial charge in [-0.3, -0.25) is 0 Å². The molecule has 4 nitrogen and oxygen atoms in total. The summed E-state index contributed by atoms with van der Waals surface area (Å²) in [7, 11) is 0. The highest BCUT2D eigenvalue weighted by atomic mass is 35.5. The van der Waals surface area contributed by atoms with E-state index in [2.05, 4.69) is 15.5 Å². The van der Waals surface area contributed by atoms with E-state index in [9.17, 15) is 0 Å². The van der Waals surface area contributed by atoms with E-state index in [0.717, 1.165) is 0 Å². The predicted molar refractivity (Wildman–Crippen MR) is 57.3 cm³/mol. The first-order valence-electron chi connectivity index (χ1n) is 4.80. The Morgan fingerprint density at radius 3 is 2.86 bits per heavy atom. The zero-order valence-corrected chi connectivity index (χ0v) is 8.59. The number of nitrogens with zero attached hydrogens (tertiary/aromatic N) is 2. The molecule has 5 heteroatoms. The number of nitrogens with two attached hydrogens (primary N) is 1. The van der Waals surface area contributed by atoms with Crippen molar-refractivity contribution in [3.63, 3.8) is 0 Å². The molecule has 0 bridgehead atoms. The monoisotopic (exact) mass is 212 g/mol. The van der Waals surface area contributed by atoms with Gasteiger partial charge in [0.1, 0.15) is 0 Å². The van der Waals surface area contributed by atoms with Crippen molar-refractivity contribution < 1.29 is 0 Å². The second-order valence-corrected chi connectivity index (χ2v) is 3.99. The second-order valence-electron chi connectivity index (χ2n) is 3.58. The first-order valence-corrected chi connectivity index (χ1v) is 5.18. The lowest BCUT2D eigenvalue weighted by Gasteiger charge is -2.13. The molecule has 0 saturated heterocycles. The van der Waals surface area contributed by atoms with Gasteiger partial charge in [-0.05, 0) is 12.8 Å². The summed E-state index contributed by atoms with van der Waals surface area (Å²) >= 11 is 5.83. The van der Waals surface area contributed by atoms with Crippen LogP contribution in [0.1, 0.15) is 25.7 Å². The van der Waals surface area contributed by atoms with E-state index < -0.39 is 0 Å². The molecule has 0 spiro atoms. The molecule has 1 saturated carbocycles. The summed E-state index contributed by atoms with van der Waals surface area (Å²) in [6.45, 7) is 0. The fourth-order valence-corrected chi connectivity index (χ4v) is 1.88. The van der Waals surface area contributed by atoms with Crippen LogP contribution in [0.15, 0.2) is 6.20 Å². The van der Waals surface area contributed by atoms with E-state index in [4.69, 9.17) is 17.3 Å². The molecular formula is C9H13ClN4. The molecule has 1 heterocycles. The Bertz CT molecular complexity index is 323. The third kappa shape index (κ3) is 1.90. The Hall–Kier alpha value is -1.03. The number of rotatable bonds is 2. The van der Waals surface area contributed by atoms with Crippen molar-refractivity contribution in [3.05, 3.63) is 11.2 Å². The van der Waals surface area contributed by atoms with E-state index >= 15 is 0 Å². The molecule has 1 aromatic rings. The van der Waals surface area contributed by atoms with Crippen LogP contribution in [0.4, 0.5) is 11.5 Å². The van der Waals surface area contributed by atoms with Crippen LogP contribution in [-0.4, -0.2) is 16.2 Å². The normalized spacial score (nSPS) is 17.2. The molecule has 0 aliphatic heterocycles. The SMILES string of the molecule is Nc1c(Cl)cnnc1NC1CCCC1. The molecule has 0 unspecified atom stereocenters. The Morgan fingerprint density at radius 2 is 2.14 bits per heavy atom. The summed E-state index contributed by atoms with van der Waals surface area (Å²) in [5.41, 5.74) is 6.26. The van der Waals surface area contributed by atoms with E-state index in [1.54, 1.807) is 0 Å². The van der Waals surface area contributed by atoms with Gasteiger partial charge in [0.25, 0.3) is 0 Å². The number of aromatic nitrogens is 2. The van der Waals surface area contributed by atoms with Crippen molar-refractivity contribution in [2.75, 3.05) is 11.1 Å². The van der Waals surface area contributed by atoms with Crippen LogP contribution in [0.2, 0.25) is 5.02 Å². The van der Waals surface area contributed by atoms with E-state index in [-0.39, 0.29) is 0 Å². The molecule has 3 N–H and O–H groups in total. The third-order valence-corrected chi connectivity index (χ3v) is 2.84. The van der Waals surface area contributed by atoms with Crippen molar-refractivity contribution in [1.82, 2.24) is 10.2 Å². The lowest BCUT2D eigenvalue weighted by Crippen LogP contribution is -2.17. The van der Waals surface area contributed by atoms with Gasteiger partial charge < -0.3 is 11.1 Å². The molecule has 1 aliphatic carbocycles. The van der Waals surface area contributed by atoms with Crippen molar-refractivity contribution in [2.45, 2.75) is 31.7 Å². The quantitative estimate of drug-likeness (QED) is 0.788. The van der Waals surface area contributed by atoms with Gasteiger partial charge in [-0.15, -0.1) is 5.10 Å². The number of hydrogen-bond acceptors (Lipinski definition) is 4. The number of anilines is 2. The van der Waals surface area contributed by atoms with Gasteiger partial charge in [0.05, 0.1) is 16.9 Å². The molecule has 0 aromatic carbocycles. The zero-order valence-electron chi connectivity index (χ0n) is 7.83. The number of nitrogens with one attached hydrogen (secondary N) is 1. The number of hydrogen-bond donors (Lipinski definition) is 2. The highest BCUT2D eigenvalue weighted by Gasteiger charge is 2.16. The first-order chi connectivity index (χ1) is 6.77. The molecular weight excluding hydrogens is 200 g/mol. The highest BCUT2D eigenvalue weighted by molar-refractivity contribution is 6.33. The topological polar surface area (TPSA) is 63.8 Å². The van der Waals surface area contributed by atoms with Crippen molar-refractivity contribution >= 4 is 23.1 Å². The second kappa shape index (κ2) is 4.00. The maximum absolute atomic E-state index is 5.83. The van der Waals surface area contributed by atoms with Gasteiger partial charge >= 0.3 is 0 Å². The van der Waals surface area contributed by atoms with Gasteiger partial charge in [0.15, 0.2) is 5.82 Å². The molecule has 2 rings (SSSR count). The average molecular weight is 213 g/mol. The van der Waals surface area contributed by atoms with Crippen molar-refractivity contribution in [1.29, 1.82) is 0 Å². The largest absolute Gasteiger partial charge is 0.394 e. The number of nitrogen functional groups attached to an aromatic ring is 1. The molecule has 1 aliphatic rings. The molecule has 1 aromatic heterocycles. The van der Waals surface area contributed by atoms with Crippen LogP contribution < -0.4 is 11.1 Å². The average Bonchev–Trinajstić information content (AvgIpc) is 2.66. The predicted octanol–water partition coefficient (Wildman–Crippen LogP) is 2.07. The first kappa shape index (κ1) is 9.52. The summed E-state index contributed by atoms with van der Waals surface area (Å²) in [6.07, 6.45) is 6.34. The fourth-order valence-electron chi connectivity index (χ4n) is 1.74. The summed E-state index contributed by atoms with van der Waals surface area (Å²) in [6, 6.07) is 0.477. The molecule has 76 valence electrons. The van der Waals surface area contributed by atoms with Crippen LogP contribution in [0.25, 0.3) is 0 Å². The van der Waals surface area contributed by atoms with E-state index in [0.29, 0.717) is 22.6 Å². The van der Waals surface area contributed by atoms with E-state index in [1.165, 1.54) is 31.9 Å². The molecule has 0 amide bonds. The zero-order chi connectivity index (χ0) is 9.97. The Labute approximate surface area is 87.9 Å². The van der Waals surface area contributed by atoms with Gasteiger partial charge in [-0.1, -0.05) is 24.4 Å². The molecule has 14 heavy (non-hydrogen) atoms. The minimum atomic E-state index is 0.459. The van der Waals surface area contributed by atoms with Crippen LogP contribution in [0, 0.1) is 0 Å². The summed E-state index contributed by atoms with van der Waals surface area (Å²) < 4.78 is 0. The van der Waals surface area contributed by atoms with E-state index in [1.807, 2.05) is 0 Å². The Morgan fingerprint density at radius 1 is 1.43 bits per heavy atom.